The number of esters is 1. The smallest absolute Gasteiger partial charge is 0.303 e. The van der Waals surface area contributed by atoms with Crippen LogP contribution in [0.4, 0.5) is 17.6 Å². The molecule has 0 aliphatic heterocycles. The summed E-state index contributed by atoms with van der Waals surface area (Å²) in [7, 11) is 0. The normalized spacial score (nSPS) is 41.1. The maximum absolute atomic E-state index is 16.0. The Kier molecular flexibility index (Phi) is 8.34. The first-order chi connectivity index (χ1) is 19.2. The van der Waals surface area contributed by atoms with Crippen LogP contribution in [0, 0.1) is 58.0 Å². The molecule has 2 N–H and O–H groups in total. The van der Waals surface area contributed by atoms with E-state index in [1.54, 1.807) is 0 Å². The molecule has 0 saturated heterocycles. The number of carbonyl (C=O) groups excluding carboxylic acids is 1. The number of aliphatic hydroxyl groups excluding tert-OH is 2. The predicted molar refractivity (Wildman–Crippen MR) is 147 cm³/mol. The van der Waals surface area contributed by atoms with Gasteiger partial charge >= 0.3 is 5.97 Å². The minimum absolute atomic E-state index is 0.105. The number of hydrogen-bond donors (Lipinski definition) is 2. The summed E-state index contributed by atoms with van der Waals surface area (Å²) in [6, 6.07) is 3.60. The number of hydrogen-bond acceptors (Lipinski definition) is 4. The van der Waals surface area contributed by atoms with E-state index in [0.29, 0.717) is 25.7 Å². The lowest BCUT2D eigenvalue weighted by atomic mass is 9.43. The fourth-order valence-corrected chi connectivity index (χ4v) is 10.3. The summed E-state index contributed by atoms with van der Waals surface area (Å²) in [6.45, 7) is 7.66. The molecule has 0 radical (unpaired) electrons. The van der Waals surface area contributed by atoms with Gasteiger partial charge in [0.1, 0.15) is 17.7 Å². The van der Waals surface area contributed by atoms with Crippen molar-refractivity contribution < 1.29 is 37.3 Å². The van der Waals surface area contributed by atoms with Gasteiger partial charge in [-0.1, -0.05) is 33.3 Å². The van der Waals surface area contributed by atoms with Gasteiger partial charge in [-0.25, -0.2) is 17.6 Å². The summed E-state index contributed by atoms with van der Waals surface area (Å²) in [5.74, 6) is -6.09. The highest BCUT2D eigenvalue weighted by atomic mass is 19.3. The zero-order chi connectivity index (χ0) is 29.9. The second-order valence-corrected chi connectivity index (χ2v) is 14.3. The van der Waals surface area contributed by atoms with E-state index in [-0.39, 0.29) is 47.5 Å². The molecule has 1 aromatic rings. The van der Waals surface area contributed by atoms with E-state index in [1.807, 2.05) is 0 Å². The van der Waals surface area contributed by atoms with Crippen LogP contribution in [0.1, 0.15) is 104 Å². The largest absolute Gasteiger partial charge is 0.457 e. The van der Waals surface area contributed by atoms with Crippen LogP contribution in [0.2, 0.25) is 0 Å². The molecule has 5 rings (SSSR count). The van der Waals surface area contributed by atoms with Crippen LogP contribution in [0.5, 0.6) is 0 Å². The van der Waals surface area contributed by atoms with Crippen LogP contribution < -0.4 is 0 Å². The van der Waals surface area contributed by atoms with Crippen molar-refractivity contribution in [1.82, 2.24) is 0 Å². The minimum atomic E-state index is -2.89. The SMILES string of the molecule is CC(=O)OC(CCCC(C)[C@H]1CC[C@H]2[C@H]3[C@H](CC[C@]12C)[C@@]1(C)CC[C@H](O)[C@H](O)[C@@H]1CC3(F)F)c1c(F)cccc1F. The maximum atomic E-state index is 16.0. The number of halogens is 4. The van der Waals surface area contributed by atoms with Crippen LogP contribution >= 0.6 is 0 Å². The Morgan fingerprint density at radius 2 is 1.61 bits per heavy atom. The molecule has 4 saturated carbocycles. The summed E-state index contributed by atoms with van der Waals surface area (Å²) in [5.41, 5.74) is -0.857. The molecule has 2 unspecified atom stereocenters. The van der Waals surface area contributed by atoms with Crippen molar-refractivity contribution in [1.29, 1.82) is 0 Å². The van der Waals surface area contributed by atoms with Gasteiger partial charge in [-0.3, -0.25) is 4.79 Å². The zero-order valence-corrected chi connectivity index (χ0v) is 24.7. The highest BCUT2D eigenvalue weighted by Crippen LogP contribution is 2.71. The van der Waals surface area contributed by atoms with Gasteiger partial charge in [0.2, 0.25) is 0 Å². The molecule has 1 aromatic carbocycles. The van der Waals surface area contributed by atoms with Crippen molar-refractivity contribution in [2.24, 2.45) is 46.3 Å². The molecule has 230 valence electrons. The van der Waals surface area contributed by atoms with Crippen molar-refractivity contribution in [3.05, 3.63) is 35.4 Å². The van der Waals surface area contributed by atoms with E-state index in [4.69, 9.17) is 4.74 Å². The number of alkyl halides is 2. The lowest BCUT2D eigenvalue weighted by molar-refractivity contribution is -0.258. The number of carbonyl (C=O) groups is 1. The fraction of sp³-hybridized carbons (Fsp3) is 0.788. The molecular formula is C33H46F4O4. The van der Waals surface area contributed by atoms with Crippen molar-refractivity contribution in [2.75, 3.05) is 0 Å². The summed E-state index contributed by atoms with van der Waals surface area (Å²) < 4.78 is 66.4. The molecular weight excluding hydrogens is 536 g/mol. The summed E-state index contributed by atoms with van der Waals surface area (Å²) in [6.07, 6.45) is 2.53. The molecule has 11 atom stereocenters. The minimum Gasteiger partial charge on any atom is -0.457 e. The van der Waals surface area contributed by atoms with Gasteiger partial charge in [-0.2, -0.15) is 0 Å². The first-order valence-corrected chi connectivity index (χ1v) is 15.6. The molecule has 0 aromatic heterocycles. The molecule has 0 spiro atoms. The number of aliphatic hydroxyl groups is 2. The topological polar surface area (TPSA) is 66.8 Å². The number of fused-ring (bicyclic) bond motifs is 5. The van der Waals surface area contributed by atoms with Crippen LogP contribution in [-0.2, 0) is 9.53 Å². The van der Waals surface area contributed by atoms with Crippen molar-refractivity contribution >= 4 is 5.97 Å². The van der Waals surface area contributed by atoms with Gasteiger partial charge < -0.3 is 14.9 Å². The van der Waals surface area contributed by atoms with E-state index >= 15 is 8.78 Å². The number of rotatable bonds is 7. The molecule has 0 amide bonds. The zero-order valence-electron chi connectivity index (χ0n) is 24.7. The Morgan fingerprint density at radius 3 is 2.27 bits per heavy atom. The number of ether oxygens (including phenoxy) is 1. The quantitative estimate of drug-likeness (QED) is 0.257. The second-order valence-electron chi connectivity index (χ2n) is 14.3. The van der Waals surface area contributed by atoms with E-state index in [1.165, 1.54) is 13.0 Å². The standard InChI is InChI=1S/C33H46F4O4/c1-18(7-5-10-27(41-19(2)38)28-24(34)8-6-9-25(28)35)20-11-12-21-29-22(13-15-31(20,21)3)32(4)16-14-26(39)30(40)23(32)17-33(29,36)37/h6,8-9,18,20-23,26-27,29-30,39-40H,5,7,10-17H2,1-4H3/t18?,20-,21+,22+,23+,26+,27?,29+,30-,31-,32-/m1/s1. The number of benzene rings is 1. The summed E-state index contributed by atoms with van der Waals surface area (Å²) >= 11 is 0. The van der Waals surface area contributed by atoms with Crippen LogP contribution in [-0.4, -0.2) is 34.3 Å². The molecule has 41 heavy (non-hydrogen) atoms. The summed E-state index contributed by atoms with van der Waals surface area (Å²) in [4.78, 5) is 11.7. The van der Waals surface area contributed by atoms with E-state index in [0.717, 1.165) is 37.8 Å². The molecule has 0 heterocycles. The Labute approximate surface area is 241 Å². The molecule has 4 fully saturated rings. The fourth-order valence-electron chi connectivity index (χ4n) is 10.3. The van der Waals surface area contributed by atoms with Crippen LogP contribution in [0.25, 0.3) is 0 Å². The third-order valence-corrected chi connectivity index (χ3v) is 12.2. The molecule has 8 heteroatoms. The van der Waals surface area contributed by atoms with E-state index in [2.05, 4.69) is 20.8 Å². The predicted octanol–water partition coefficient (Wildman–Crippen LogP) is 7.61. The maximum Gasteiger partial charge on any atom is 0.303 e. The van der Waals surface area contributed by atoms with Crippen molar-refractivity contribution in [3.63, 3.8) is 0 Å². The third kappa shape index (κ3) is 5.23. The third-order valence-electron chi connectivity index (χ3n) is 12.2. The Balaban J connectivity index is 1.29. The van der Waals surface area contributed by atoms with Gasteiger partial charge in [0.15, 0.2) is 0 Å². The van der Waals surface area contributed by atoms with Crippen molar-refractivity contribution in [2.45, 2.75) is 116 Å². The monoisotopic (exact) mass is 582 g/mol. The van der Waals surface area contributed by atoms with E-state index < -0.39 is 59.1 Å². The highest BCUT2D eigenvalue weighted by molar-refractivity contribution is 5.66. The average Bonchev–Trinajstić information content (AvgIpc) is 3.24. The summed E-state index contributed by atoms with van der Waals surface area (Å²) in [5, 5.41) is 21.0. The lowest BCUT2D eigenvalue weighted by Gasteiger charge is -2.63. The van der Waals surface area contributed by atoms with Crippen LogP contribution in [0.15, 0.2) is 18.2 Å². The Bertz CT molecular complexity index is 1110. The highest BCUT2D eigenvalue weighted by Gasteiger charge is 2.69. The van der Waals surface area contributed by atoms with Gasteiger partial charge in [-0.15, -0.1) is 0 Å². The van der Waals surface area contributed by atoms with Gasteiger partial charge in [-0.05, 0) is 104 Å². The lowest BCUT2D eigenvalue weighted by Crippen LogP contribution is -2.64. The van der Waals surface area contributed by atoms with E-state index in [9.17, 15) is 23.8 Å². The van der Waals surface area contributed by atoms with Gasteiger partial charge in [0, 0.05) is 19.3 Å². The second kappa shape index (κ2) is 11.1. The Morgan fingerprint density at radius 1 is 0.976 bits per heavy atom. The van der Waals surface area contributed by atoms with Gasteiger partial charge in [0.05, 0.1) is 17.8 Å². The van der Waals surface area contributed by atoms with Crippen LogP contribution in [0.3, 0.4) is 0 Å². The first-order valence-electron chi connectivity index (χ1n) is 15.6. The first kappa shape index (κ1) is 30.8. The molecule has 4 aliphatic rings. The average molecular weight is 583 g/mol. The Hall–Kier alpha value is -1.67. The molecule has 4 nitrogen and oxygen atoms in total. The van der Waals surface area contributed by atoms with Crippen molar-refractivity contribution in [3.8, 4) is 0 Å². The molecule has 4 aliphatic carbocycles. The molecule has 0 bridgehead atoms. The van der Waals surface area contributed by atoms with Gasteiger partial charge in [0.25, 0.3) is 5.92 Å².